The van der Waals surface area contributed by atoms with Crippen LogP contribution >= 0.6 is 23.2 Å². The fraction of sp³-hybridized carbons (Fsp3) is 0.381. The molecule has 1 amide bonds. The second-order valence-electron chi connectivity index (χ2n) is 8.53. The van der Waals surface area contributed by atoms with E-state index in [2.05, 4.69) is 24.6 Å². The van der Waals surface area contributed by atoms with Crippen LogP contribution in [0.2, 0.25) is 10.0 Å². The summed E-state index contributed by atoms with van der Waals surface area (Å²) in [5.41, 5.74) is -0.158. The minimum Gasteiger partial charge on any atom is -0.504 e. The summed E-state index contributed by atoms with van der Waals surface area (Å²) in [6.45, 7) is 8.65. The van der Waals surface area contributed by atoms with Gasteiger partial charge in [-0.1, -0.05) is 42.2 Å². The van der Waals surface area contributed by atoms with Crippen LogP contribution in [-0.2, 0) is 11.3 Å². The van der Waals surface area contributed by atoms with Gasteiger partial charge < -0.3 is 14.6 Å². The molecule has 34 heavy (non-hydrogen) atoms. The normalized spacial score (nSPS) is 11.5. The van der Waals surface area contributed by atoms with Crippen molar-refractivity contribution < 1.29 is 23.9 Å². The summed E-state index contributed by atoms with van der Waals surface area (Å²) in [4.78, 5) is 35.9. The van der Waals surface area contributed by atoms with Gasteiger partial charge in [0.1, 0.15) is 5.60 Å². The molecule has 3 aromatic rings. The Kier molecular flexibility index (Phi) is 7.37. The highest BCUT2D eigenvalue weighted by molar-refractivity contribution is 6.37. The first-order chi connectivity index (χ1) is 15.8. The molecule has 0 bridgehead atoms. The first kappa shape index (κ1) is 25.3. The molecule has 0 saturated heterocycles. The van der Waals surface area contributed by atoms with Gasteiger partial charge in [0.05, 0.1) is 34.2 Å². The van der Waals surface area contributed by atoms with Gasteiger partial charge in [0.2, 0.25) is 0 Å². The second kappa shape index (κ2) is 9.90. The molecule has 2 aromatic heterocycles. The highest BCUT2D eigenvalue weighted by Crippen LogP contribution is 2.40. The fourth-order valence-corrected chi connectivity index (χ4v) is 3.35. The number of aromatic hydroxyl groups is 1. The van der Waals surface area contributed by atoms with Crippen molar-refractivity contribution in [2.45, 2.75) is 52.7 Å². The zero-order valence-corrected chi connectivity index (χ0v) is 20.6. The Morgan fingerprint density at radius 3 is 2.44 bits per heavy atom. The van der Waals surface area contributed by atoms with Gasteiger partial charge >= 0.3 is 17.9 Å². The van der Waals surface area contributed by atoms with Crippen LogP contribution in [0.1, 0.15) is 52.1 Å². The number of aromatic amines is 1. The first-order valence-corrected chi connectivity index (χ1v) is 10.9. The van der Waals surface area contributed by atoms with Crippen LogP contribution in [0, 0.1) is 0 Å². The van der Waals surface area contributed by atoms with Crippen molar-refractivity contribution in [1.29, 1.82) is 0 Å². The Morgan fingerprint density at radius 2 is 1.91 bits per heavy atom. The highest BCUT2D eigenvalue weighted by Gasteiger charge is 2.27. The van der Waals surface area contributed by atoms with Crippen LogP contribution in [0.5, 0.6) is 17.5 Å². The summed E-state index contributed by atoms with van der Waals surface area (Å²) >= 11 is 12.8. The third-order valence-electron chi connectivity index (χ3n) is 4.22. The molecule has 0 atom stereocenters. The van der Waals surface area contributed by atoms with Crippen molar-refractivity contribution in [2.24, 2.45) is 0 Å². The van der Waals surface area contributed by atoms with Crippen molar-refractivity contribution >= 4 is 35.0 Å². The summed E-state index contributed by atoms with van der Waals surface area (Å²) < 4.78 is 15.6. The lowest BCUT2D eigenvalue weighted by Crippen LogP contribution is -2.37. The average Bonchev–Trinajstić information content (AvgIpc) is 3.13. The number of hydrogen-bond donors (Lipinski definition) is 2. The number of benzene rings is 1. The number of nitrogens with zero attached hydrogens (tertiary/aromatic N) is 4. The van der Waals surface area contributed by atoms with Gasteiger partial charge in [-0.2, -0.15) is 9.97 Å². The molecule has 0 aliphatic carbocycles. The monoisotopic (exact) mass is 511 g/mol. The number of nitrogens with one attached hydrogen (secondary N) is 1. The predicted molar refractivity (Wildman–Crippen MR) is 124 cm³/mol. The molecule has 0 aliphatic heterocycles. The topological polar surface area (TPSA) is 144 Å². The number of halogens is 2. The third-order valence-corrected chi connectivity index (χ3v) is 4.78. The van der Waals surface area contributed by atoms with Gasteiger partial charge in [-0.05, 0) is 38.8 Å². The van der Waals surface area contributed by atoms with Crippen molar-refractivity contribution in [3.05, 3.63) is 50.4 Å². The van der Waals surface area contributed by atoms with Gasteiger partial charge in [0.25, 0.3) is 0 Å². The Bertz CT molecular complexity index is 1230. The van der Waals surface area contributed by atoms with Crippen molar-refractivity contribution in [1.82, 2.24) is 20.1 Å². The minimum absolute atomic E-state index is 0.0476. The molecule has 0 saturated carbocycles. The first-order valence-electron chi connectivity index (χ1n) is 10.1. The molecule has 0 fully saturated rings. The Morgan fingerprint density at radius 1 is 1.26 bits per heavy atom. The number of hydrogen-bond acceptors (Lipinski definition) is 9. The lowest BCUT2D eigenvalue weighted by atomic mass is 10.1. The number of rotatable bonds is 6. The van der Waals surface area contributed by atoms with Crippen LogP contribution in [0.15, 0.2) is 27.6 Å². The smallest absolute Gasteiger partial charge is 0.438 e. The van der Waals surface area contributed by atoms with Gasteiger partial charge in [-0.25, -0.2) is 9.59 Å². The fourth-order valence-electron chi connectivity index (χ4n) is 2.79. The zero-order chi connectivity index (χ0) is 25.2. The van der Waals surface area contributed by atoms with Crippen LogP contribution in [-0.4, -0.2) is 36.9 Å². The van der Waals surface area contributed by atoms with E-state index in [9.17, 15) is 14.7 Å². The molecule has 3 rings (SSSR count). The van der Waals surface area contributed by atoms with E-state index in [1.165, 1.54) is 23.2 Å². The van der Waals surface area contributed by atoms with Crippen LogP contribution in [0.4, 0.5) is 10.5 Å². The van der Waals surface area contributed by atoms with E-state index < -0.39 is 17.5 Å². The average molecular weight is 512 g/mol. The van der Waals surface area contributed by atoms with Gasteiger partial charge in [-0.3, -0.25) is 14.4 Å². The molecular weight excluding hydrogens is 489 g/mol. The molecule has 13 heteroatoms. The number of amides is 1. The Labute approximate surface area is 204 Å². The lowest BCUT2D eigenvalue weighted by molar-refractivity contribution is 0.0576. The zero-order valence-electron chi connectivity index (χ0n) is 19.0. The molecule has 0 radical (unpaired) electrons. The number of carbonyl (C=O) groups is 1. The minimum atomic E-state index is -0.798. The maximum atomic E-state index is 12.9. The van der Waals surface area contributed by atoms with Crippen molar-refractivity contribution in [3.63, 3.8) is 0 Å². The maximum absolute atomic E-state index is 12.9. The molecular formula is C21H23Cl2N5O6. The van der Waals surface area contributed by atoms with Gasteiger partial charge in [-0.15, -0.1) is 0 Å². The summed E-state index contributed by atoms with van der Waals surface area (Å²) in [7, 11) is 0. The highest BCUT2D eigenvalue weighted by atomic mass is 35.5. The predicted octanol–water partition coefficient (Wildman–Crippen LogP) is 5.02. The SMILES string of the molecule is CC(C)c1nc(Oc2c(Cl)cc(N(Cc3noc(=O)[nH]3)C(=O)OC(C)(C)C)cc2Cl)ncc1O. The quantitative estimate of drug-likeness (QED) is 0.465. The molecule has 2 heterocycles. The summed E-state index contributed by atoms with van der Waals surface area (Å²) in [5.74, 6) is -0.778. The second-order valence-corrected chi connectivity index (χ2v) is 9.34. The van der Waals surface area contributed by atoms with E-state index >= 15 is 0 Å². The van der Waals surface area contributed by atoms with Crippen LogP contribution in [0.3, 0.4) is 0 Å². The van der Waals surface area contributed by atoms with Crippen molar-refractivity contribution in [2.75, 3.05) is 4.90 Å². The number of ether oxygens (including phenoxy) is 2. The van der Waals surface area contributed by atoms with Gasteiger partial charge in [0.15, 0.2) is 17.3 Å². The van der Waals surface area contributed by atoms with Gasteiger partial charge in [0, 0.05) is 0 Å². The van der Waals surface area contributed by atoms with Crippen LogP contribution < -0.4 is 15.4 Å². The summed E-state index contributed by atoms with van der Waals surface area (Å²) in [5, 5.41) is 13.6. The largest absolute Gasteiger partial charge is 0.504 e. The van der Waals surface area contributed by atoms with E-state index in [0.717, 1.165) is 0 Å². The van der Waals surface area contributed by atoms with E-state index in [4.69, 9.17) is 32.7 Å². The van der Waals surface area contributed by atoms with E-state index in [-0.39, 0.29) is 51.5 Å². The Balaban J connectivity index is 1.96. The lowest BCUT2D eigenvalue weighted by Gasteiger charge is -2.27. The standard InChI is InChI=1S/C21H23Cl2N5O6/c1-10(2)16-14(29)8-24-18(26-16)32-17-12(22)6-11(7-13(17)23)28(20(31)33-21(3,4)5)9-15-25-19(30)34-27-15/h6-8,10,29H,9H2,1-5H3,(H,25,27,30). The van der Waals surface area contributed by atoms with E-state index in [1.54, 1.807) is 20.8 Å². The summed E-state index contributed by atoms with van der Waals surface area (Å²) in [6, 6.07) is 2.78. The third kappa shape index (κ3) is 6.17. The maximum Gasteiger partial charge on any atom is 0.438 e. The number of H-pyrrole nitrogens is 1. The molecule has 11 nitrogen and oxygen atoms in total. The van der Waals surface area contributed by atoms with Crippen molar-refractivity contribution in [3.8, 4) is 17.5 Å². The number of aromatic nitrogens is 4. The molecule has 0 aliphatic rings. The van der Waals surface area contributed by atoms with E-state index in [0.29, 0.717) is 5.69 Å². The molecule has 0 spiro atoms. The Hall–Kier alpha value is -3.31. The summed E-state index contributed by atoms with van der Waals surface area (Å²) in [6.07, 6.45) is 0.483. The number of anilines is 1. The molecule has 2 N–H and O–H groups in total. The number of carbonyl (C=O) groups excluding carboxylic acids is 1. The molecule has 182 valence electrons. The molecule has 1 aromatic carbocycles. The van der Waals surface area contributed by atoms with E-state index in [1.807, 2.05) is 13.8 Å². The van der Waals surface area contributed by atoms with Crippen LogP contribution in [0.25, 0.3) is 0 Å². The molecule has 0 unspecified atom stereocenters.